The van der Waals surface area contributed by atoms with Gasteiger partial charge >= 0.3 is 5.97 Å². The molecule has 5 heteroatoms. The monoisotopic (exact) mass is 407 g/mol. The van der Waals surface area contributed by atoms with Crippen molar-refractivity contribution in [3.8, 4) is 11.3 Å². The summed E-state index contributed by atoms with van der Waals surface area (Å²) in [4.78, 5) is 17.3. The van der Waals surface area contributed by atoms with Gasteiger partial charge in [0.1, 0.15) is 0 Å². The minimum atomic E-state index is -1.05. The average Bonchev–Trinajstić information content (AvgIpc) is 3.11. The number of hydrogen-bond donors (Lipinski definition) is 1. The number of carbonyl (C=O) groups is 1. The highest BCUT2D eigenvalue weighted by molar-refractivity contribution is 5.85. The van der Waals surface area contributed by atoms with E-state index < -0.39 is 11.4 Å². The number of fused-ring (bicyclic) bond motifs is 1. The summed E-state index contributed by atoms with van der Waals surface area (Å²) in [6, 6.07) is 10.4. The highest BCUT2D eigenvalue weighted by Crippen LogP contribution is 2.39. The van der Waals surface area contributed by atoms with Gasteiger partial charge in [-0.05, 0) is 32.3 Å². The van der Waals surface area contributed by atoms with Crippen molar-refractivity contribution < 1.29 is 9.90 Å². The predicted molar refractivity (Wildman–Crippen MR) is 121 cm³/mol. The molecular weight excluding hydrogens is 374 g/mol. The molecule has 2 aromatic heterocycles. The van der Waals surface area contributed by atoms with Gasteiger partial charge in [-0.2, -0.15) is 5.10 Å². The highest BCUT2D eigenvalue weighted by atomic mass is 16.4. The van der Waals surface area contributed by atoms with Crippen molar-refractivity contribution in [2.45, 2.75) is 78.6 Å². The van der Waals surface area contributed by atoms with Crippen LogP contribution in [0.1, 0.15) is 76.9 Å². The summed E-state index contributed by atoms with van der Waals surface area (Å²) in [6.07, 6.45) is 2.25. The number of benzene rings is 1. The molecule has 0 saturated carbocycles. The number of carboxylic acids is 1. The van der Waals surface area contributed by atoms with Crippen molar-refractivity contribution in [1.82, 2.24) is 14.6 Å². The van der Waals surface area contributed by atoms with Crippen LogP contribution in [0.3, 0.4) is 0 Å². The third-order valence-electron chi connectivity index (χ3n) is 5.96. The minimum absolute atomic E-state index is 0.134. The van der Waals surface area contributed by atoms with E-state index in [1.54, 1.807) is 0 Å². The topological polar surface area (TPSA) is 67.5 Å². The number of nitrogens with zero attached hydrogens (tertiary/aromatic N) is 3. The summed E-state index contributed by atoms with van der Waals surface area (Å²) in [7, 11) is 0. The Morgan fingerprint density at radius 1 is 1.10 bits per heavy atom. The largest absolute Gasteiger partial charge is 0.481 e. The highest BCUT2D eigenvalue weighted by Gasteiger charge is 2.40. The molecule has 1 unspecified atom stereocenters. The second kappa shape index (κ2) is 7.86. The van der Waals surface area contributed by atoms with Crippen LogP contribution in [0.5, 0.6) is 0 Å². The molecule has 0 aliphatic heterocycles. The van der Waals surface area contributed by atoms with Gasteiger partial charge in [-0.25, -0.2) is 9.50 Å². The van der Waals surface area contributed by atoms with Crippen molar-refractivity contribution in [3.63, 3.8) is 0 Å². The van der Waals surface area contributed by atoms with Crippen LogP contribution in [0.2, 0.25) is 0 Å². The summed E-state index contributed by atoms with van der Waals surface area (Å²) in [6.45, 7) is 14.2. The fourth-order valence-corrected chi connectivity index (χ4v) is 4.15. The smallest absolute Gasteiger partial charge is 0.313 e. The first kappa shape index (κ1) is 22.0. The maximum atomic E-state index is 12.5. The van der Waals surface area contributed by atoms with E-state index in [9.17, 15) is 9.90 Å². The van der Waals surface area contributed by atoms with Crippen LogP contribution in [0, 0.1) is 6.92 Å². The maximum Gasteiger partial charge on any atom is 0.313 e. The Kier molecular flexibility index (Phi) is 5.76. The molecule has 3 aromatic rings. The number of rotatable bonds is 6. The van der Waals surface area contributed by atoms with Crippen LogP contribution in [0.15, 0.2) is 30.3 Å². The lowest BCUT2D eigenvalue weighted by molar-refractivity contribution is -0.143. The molecule has 3 rings (SSSR count). The Hall–Kier alpha value is -2.69. The van der Waals surface area contributed by atoms with Crippen LogP contribution in [-0.2, 0) is 22.0 Å². The third-order valence-corrected chi connectivity index (χ3v) is 5.96. The van der Waals surface area contributed by atoms with E-state index in [1.807, 2.05) is 31.4 Å². The molecule has 1 aromatic carbocycles. The van der Waals surface area contributed by atoms with E-state index in [0.717, 1.165) is 46.7 Å². The fraction of sp³-hybridized carbons (Fsp3) is 0.480. The zero-order valence-electron chi connectivity index (χ0n) is 19.2. The summed E-state index contributed by atoms with van der Waals surface area (Å²) < 4.78 is 1.85. The standard InChI is InChI=1S/C25H33N3O2/c1-8-14-25(7,23(29)30)21-16(3)26-20-15-19(24(4,5)6)27-28(20)22(21)18-12-10-17(9-2)11-13-18/h10-13,15H,8-9,14H2,1-7H3,(H,29,30). The van der Waals surface area contributed by atoms with Gasteiger partial charge in [-0.15, -0.1) is 0 Å². The fourth-order valence-electron chi connectivity index (χ4n) is 4.15. The molecular formula is C25H33N3O2. The summed E-state index contributed by atoms with van der Waals surface area (Å²) in [5.74, 6) is -0.830. The van der Waals surface area contributed by atoms with E-state index in [1.165, 1.54) is 5.56 Å². The molecule has 0 fully saturated rings. The van der Waals surface area contributed by atoms with Crippen LogP contribution >= 0.6 is 0 Å². The lowest BCUT2D eigenvalue weighted by Crippen LogP contribution is -2.35. The average molecular weight is 408 g/mol. The number of hydrogen-bond acceptors (Lipinski definition) is 3. The van der Waals surface area contributed by atoms with E-state index in [0.29, 0.717) is 6.42 Å². The van der Waals surface area contributed by atoms with Gasteiger partial charge in [0, 0.05) is 28.3 Å². The first-order valence-electron chi connectivity index (χ1n) is 10.8. The van der Waals surface area contributed by atoms with Gasteiger partial charge in [0.2, 0.25) is 0 Å². The second-order valence-electron chi connectivity index (χ2n) is 9.41. The van der Waals surface area contributed by atoms with Crippen molar-refractivity contribution >= 4 is 11.6 Å². The van der Waals surface area contributed by atoms with Crippen LogP contribution < -0.4 is 0 Å². The van der Waals surface area contributed by atoms with Gasteiger partial charge in [0.25, 0.3) is 0 Å². The molecule has 5 nitrogen and oxygen atoms in total. The molecule has 160 valence electrons. The molecule has 1 N–H and O–H groups in total. The van der Waals surface area contributed by atoms with Crippen LogP contribution in [-0.4, -0.2) is 25.7 Å². The van der Waals surface area contributed by atoms with Crippen molar-refractivity contribution in [3.05, 3.63) is 52.8 Å². The van der Waals surface area contributed by atoms with E-state index in [-0.39, 0.29) is 5.41 Å². The molecule has 30 heavy (non-hydrogen) atoms. The number of aliphatic carboxylic acids is 1. The normalized spacial score (nSPS) is 14.1. The lowest BCUT2D eigenvalue weighted by atomic mass is 9.76. The lowest BCUT2D eigenvalue weighted by Gasteiger charge is -2.29. The molecule has 1 atom stereocenters. The number of aromatic nitrogens is 3. The molecule has 0 spiro atoms. The summed E-state index contributed by atoms with van der Waals surface area (Å²) in [5.41, 5.74) is 5.03. The molecule has 0 radical (unpaired) electrons. The second-order valence-corrected chi connectivity index (χ2v) is 9.41. The Morgan fingerprint density at radius 2 is 1.73 bits per heavy atom. The Balaban J connectivity index is 2.44. The molecule has 0 aliphatic rings. The van der Waals surface area contributed by atoms with E-state index in [2.05, 4.69) is 52.0 Å². The van der Waals surface area contributed by atoms with Crippen molar-refractivity contribution in [1.29, 1.82) is 0 Å². The van der Waals surface area contributed by atoms with Gasteiger partial charge in [-0.3, -0.25) is 4.79 Å². The molecule has 0 bridgehead atoms. The maximum absolute atomic E-state index is 12.5. The summed E-state index contributed by atoms with van der Waals surface area (Å²) >= 11 is 0. The van der Waals surface area contributed by atoms with Gasteiger partial charge < -0.3 is 5.11 Å². The summed E-state index contributed by atoms with van der Waals surface area (Å²) in [5, 5.41) is 15.1. The van der Waals surface area contributed by atoms with Gasteiger partial charge in [0.05, 0.1) is 16.8 Å². The van der Waals surface area contributed by atoms with Gasteiger partial charge in [0.15, 0.2) is 5.65 Å². The molecule has 0 aliphatic carbocycles. The van der Waals surface area contributed by atoms with E-state index >= 15 is 0 Å². The predicted octanol–water partition coefficient (Wildman–Crippen LogP) is 5.71. The molecule has 0 saturated heterocycles. The van der Waals surface area contributed by atoms with Gasteiger partial charge in [-0.1, -0.05) is 65.3 Å². The van der Waals surface area contributed by atoms with E-state index in [4.69, 9.17) is 10.1 Å². The third kappa shape index (κ3) is 3.73. The number of aryl methyl sites for hydroxylation is 2. The Labute approximate surface area is 179 Å². The van der Waals surface area contributed by atoms with Crippen molar-refractivity contribution in [2.24, 2.45) is 0 Å². The first-order valence-corrected chi connectivity index (χ1v) is 10.8. The quantitative estimate of drug-likeness (QED) is 0.568. The first-order chi connectivity index (χ1) is 14.0. The van der Waals surface area contributed by atoms with Crippen molar-refractivity contribution in [2.75, 3.05) is 0 Å². The zero-order chi connectivity index (χ0) is 22.3. The molecule has 0 amide bonds. The number of carboxylic acid groups (broad SMARTS) is 1. The van der Waals surface area contributed by atoms with Crippen LogP contribution in [0.25, 0.3) is 16.9 Å². The van der Waals surface area contributed by atoms with Crippen LogP contribution in [0.4, 0.5) is 0 Å². The SMILES string of the molecule is CCCC(C)(C(=O)O)c1c(C)nc2cc(C(C)(C)C)nn2c1-c1ccc(CC)cc1. The Morgan fingerprint density at radius 3 is 2.23 bits per heavy atom. The molecule has 2 heterocycles. The minimum Gasteiger partial charge on any atom is -0.481 e. The Bertz CT molecular complexity index is 1070. The zero-order valence-corrected chi connectivity index (χ0v) is 19.2.